The molecule has 1 aliphatic carbocycles. The van der Waals surface area contributed by atoms with Crippen LogP contribution in [0.1, 0.15) is 45.4 Å². The number of amides is 1. The van der Waals surface area contributed by atoms with E-state index in [2.05, 4.69) is 5.32 Å². The third-order valence-corrected chi connectivity index (χ3v) is 3.82. The summed E-state index contributed by atoms with van der Waals surface area (Å²) in [6, 6.07) is 2.15. The van der Waals surface area contributed by atoms with Gasteiger partial charge in [0.25, 0.3) is 5.91 Å². The summed E-state index contributed by atoms with van der Waals surface area (Å²) in [7, 11) is 1.75. The van der Waals surface area contributed by atoms with E-state index in [0.717, 1.165) is 25.7 Å². The lowest BCUT2D eigenvalue weighted by molar-refractivity contribution is -0.142. The number of rotatable bonds is 7. The first kappa shape index (κ1) is 18.0. The molecule has 22 heavy (non-hydrogen) atoms. The molecule has 1 rings (SSSR count). The summed E-state index contributed by atoms with van der Waals surface area (Å²) in [5, 5.41) is 12.0. The number of nitriles is 1. The fourth-order valence-corrected chi connectivity index (χ4v) is 2.55. The van der Waals surface area contributed by atoms with Gasteiger partial charge in [0, 0.05) is 25.8 Å². The lowest BCUT2D eigenvalue weighted by Gasteiger charge is -2.31. The molecule has 1 fully saturated rings. The molecule has 0 bridgehead atoms. The van der Waals surface area contributed by atoms with Gasteiger partial charge in [0.2, 0.25) is 0 Å². The number of esters is 1. The predicted octanol–water partition coefficient (Wildman–Crippen LogP) is 1.73. The molecule has 1 saturated carbocycles. The van der Waals surface area contributed by atoms with Gasteiger partial charge in [-0.15, -0.1) is 0 Å². The zero-order valence-corrected chi connectivity index (χ0v) is 13.4. The number of hydrogen-bond acceptors (Lipinski definition) is 5. The number of hydrogen-bond donors (Lipinski definition) is 1. The van der Waals surface area contributed by atoms with Crippen LogP contribution in [0.3, 0.4) is 0 Å². The average Bonchev–Trinajstić information content (AvgIpc) is 2.55. The molecule has 0 heterocycles. The Hall–Kier alpha value is -2.03. The lowest BCUT2D eigenvalue weighted by Crippen LogP contribution is -2.39. The van der Waals surface area contributed by atoms with Crippen molar-refractivity contribution in [2.75, 3.05) is 20.2 Å². The lowest BCUT2D eigenvalue weighted by atomic mass is 9.94. The highest BCUT2D eigenvalue weighted by atomic mass is 16.5. The Morgan fingerprint density at radius 3 is 2.64 bits per heavy atom. The SMILES string of the molecule is CCOC(=O)CCN/C=C(/C#N)C(=O)N(C)C1CCCCC1. The number of nitrogens with one attached hydrogen (secondary N) is 1. The van der Waals surface area contributed by atoms with Gasteiger partial charge in [0.1, 0.15) is 11.6 Å². The van der Waals surface area contributed by atoms with E-state index in [9.17, 15) is 9.59 Å². The minimum Gasteiger partial charge on any atom is -0.466 e. The first-order chi connectivity index (χ1) is 10.6. The van der Waals surface area contributed by atoms with E-state index in [1.807, 2.05) is 6.07 Å². The number of likely N-dealkylation sites (N-methyl/N-ethyl adjacent to an activating group) is 1. The summed E-state index contributed by atoms with van der Waals surface area (Å²) in [4.78, 5) is 25.2. The second-order valence-corrected chi connectivity index (χ2v) is 5.39. The van der Waals surface area contributed by atoms with Gasteiger partial charge in [0.05, 0.1) is 13.0 Å². The van der Waals surface area contributed by atoms with Crippen LogP contribution in [0, 0.1) is 11.3 Å². The van der Waals surface area contributed by atoms with Crippen LogP contribution in [0.5, 0.6) is 0 Å². The van der Waals surface area contributed by atoms with Crippen molar-refractivity contribution in [2.45, 2.75) is 51.5 Å². The van der Waals surface area contributed by atoms with E-state index in [0.29, 0.717) is 13.2 Å². The summed E-state index contributed by atoms with van der Waals surface area (Å²) in [5.41, 5.74) is 0.0666. The van der Waals surface area contributed by atoms with E-state index >= 15 is 0 Å². The fourth-order valence-electron chi connectivity index (χ4n) is 2.55. The molecule has 0 radical (unpaired) electrons. The van der Waals surface area contributed by atoms with Crippen LogP contribution in [0.25, 0.3) is 0 Å². The maximum atomic E-state index is 12.3. The van der Waals surface area contributed by atoms with Gasteiger partial charge in [-0.3, -0.25) is 9.59 Å². The number of carbonyl (C=O) groups excluding carboxylic acids is 2. The molecule has 0 aromatic heterocycles. The number of ether oxygens (including phenoxy) is 1. The molecule has 0 unspecified atom stereocenters. The highest BCUT2D eigenvalue weighted by Crippen LogP contribution is 2.22. The molecule has 1 amide bonds. The normalized spacial score (nSPS) is 15.8. The van der Waals surface area contributed by atoms with Crippen molar-refractivity contribution in [1.29, 1.82) is 5.26 Å². The van der Waals surface area contributed by atoms with Gasteiger partial charge in [-0.25, -0.2) is 0 Å². The molecular weight excluding hydrogens is 282 g/mol. The Morgan fingerprint density at radius 1 is 1.36 bits per heavy atom. The van der Waals surface area contributed by atoms with Crippen LogP contribution in [0.4, 0.5) is 0 Å². The van der Waals surface area contributed by atoms with E-state index in [1.54, 1.807) is 18.9 Å². The van der Waals surface area contributed by atoms with Gasteiger partial charge in [-0.2, -0.15) is 5.26 Å². The van der Waals surface area contributed by atoms with Gasteiger partial charge in [-0.1, -0.05) is 19.3 Å². The van der Waals surface area contributed by atoms with Crippen molar-refractivity contribution in [2.24, 2.45) is 0 Å². The Balaban J connectivity index is 2.47. The van der Waals surface area contributed by atoms with E-state index in [-0.39, 0.29) is 29.9 Å². The largest absolute Gasteiger partial charge is 0.466 e. The van der Waals surface area contributed by atoms with Gasteiger partial charge in [-0.05, 0) is 19.8 Å². The molecule has 6 heteroatoms. The molecule has 1 aliphatic rings. The standard InChI is InChI=1S/C16H25N3O3/c1-3-22-15(20)9-10-18-12-13(11-17)16(21)19(2)14-7-5-4-6-8-14/h12,14,18H,3-10H2,1-2H3/b13-12-. The summed E-state index contributed by atoms with van der Waals surface area (Å²) < 4.78 is 4.80. The number of carbonyl (C=O) groups is 2. The van der Waals surface area contributed by atoms with Crippen molar-refractivity contribution in [3.63, 3.8) is 0 Å². The van der Waals surface area contributed by atoms with Gasteiger partial charge >= 0.3 is 5.97 Å². The van der Waals surface area contributed by atoms with Crippen molar-refractivity contribution >= 4 is 11.9 Å². The maximum Gasteiger partial charge on any atom is 0.307 e. The molecule has 6 nitrogen and oxygen atoms in total. The Kier molecular flexibility index (Phi) is 8.05. The van der Waals surface area contributed by atoms with Crippen LogP contribution >= 0.6 is 0 Å². The zero-order valence-electron chi connectivity index (χ0n) is 13.4. The third-order valence-electron chi connectivity index (χ3n) is 3.82. The minimum absolute atomic E-state index is 0.0666. The Bertz CT molecular complexity index is 448. The zero-order chi connectivity index (χ0) is 16.4. The monoisotopic (exact) mass is 307 g/mol. The van der Waals surface area contributed by atoms with Crippen LogP contribution in [-0.4, -0.2) is 43.0 Å². The first-order valence-electron chi connectivity index (χ1n) is 7.86. The first-order valence-corrected chi connectivity index (χ1v) is 7.86. The second-order valence-electron chi connectivity index (χ2n) is 5.39. The van der Waals surface area contributed by atoms with Crippen LogP contribution in [-0.2, 0) is 14.3 Å². The quantitative estimate of drug-likeness (QED) is 0.335. The number of nitrogens with zero attached hydrogens (tertiary/aromatic N) is 2. The highest BCUT2D eigenvalue weighted by Gasteiger charge is 2.24. The smallest absolute Gasteiger partial charge is 0.307 e. The fraction of sp³-hybridized carbons (Fsp3) is 0.688. The highest BCUT2D eigenvalue weighted by molar-refractivity contribution is 5.97. The van der Waals surface area contributed by atoms with E-state index in [1.165, 1.54) is 12.6 Å². The van der Waals surface area contributed by atoms with Crippen molar-refractivity contribution in [3.8, 4) is 6.07 Å². The Labute approximate surface area is 132 Å². The topological polar surface area (TPSA) is 82.4 Å². The van der Waals surface area contributed by atoms with Gasteiger partial charge in [0.15, 0.2) is 0 Å². The molecule has 0 aromatic rings. The third kappa shape index (κ3) is 5.76. The molecule has 0 aliphatic heterocycles. The van der Waals surface area contributed by atoms with Crippen molar-refractivity contribution < 1.29 is 14.3 Å². The minimum atomic E-state index is -0.299. The van der Waals surface area contributed by atoms with Crippen LogP contribution in [0.2, 0.25) is 0 Å². The maximum absolute atomic E-state index is 12.3. The average molecular weight is 307 g/mol. The Morgan fingerprint density at radius 2 is 2.05 bits per heavy atom. The molecule has 0 atom stereocenters. The summed E-state index contributed by atoms with van der Waals surface area (Å²) >= 11 is 0. The molecular formula is C16H25N3O3. The van der Waals surface area contributed by atoms with E-state index in [4.69, 9.17) is 10.00 Å². The second kappa shape index (κ2) is 9.82. The van der Waals surface area contributed by atoms with Crippen LogP contribution < -0.4 is 5.32 Å². The summed E-state index contributed by atoms with van der Waals surface area (Å²) in [6.07, 6.45) is 7.07. The van der Waals surface area contributed by atoms with Crippen molar-refractivity contribution in [3.05, 3.63) is 11.8 Å². The molecule has 1 N–H and O–H groups in total. The van der Waals surface area contributed by atoms with Crippen molar-refractivity contribution in [1.82, 2.24) is 10.2 Å². The molecule has 122 valence electrons. The molecule has 0 saturated heterocycles. The van der Waals surface area contributed by atoms with Crippen LogP contribution in [0.15, 0.2) is 11.8 Å². The molecule has 0 spiro atoms. The van der Waals surface area contributed by atoms with Gasteiger partial charge < -0.3 is 15.0 Å². The summed E-state index contributed by atoms with van der Waals surface area (Å²) in [5.74, 6) is -0.564. The summed E-state index contributed by atoms with van der Waals surface area (Å²) in [6.45, 7) is 2.44. The van der Waals surface area contributed by atoms with E-state index < -0.39 is 0 Å². The predicted molar refractivity (Wildman–Crippen MR) is 82.6 cm³/mol. The molecule has 0 aromatic carbocycles.